The Hall–Kier alpha value is -1.74. The van der Waals surface area contributed by atoms with Crippen LogP contribution in [0.4, 0.5) is 8.78 Å². The predicted molar refractivity (Wildman–Crippen MR) is 44.9 cm³/mol. The standard InChI is InChI=1S/C9H7F2NO2/c10-9(11,12-6-13)5-7-2-1-3-8(14)4-7/h1-4,14H,5H2. The topological polar surface area (TPSA) is 49.7 Å². The van der Waals surface area contributed by atoms with Crippen LogP contribution in [0.2, 0.25) is 0 Å². The molecule has 0 fully saturated rings. The Kier molecular flexibility index (Phi) is 2.94. The predicted octanol–water partition coefficient (Wildman–Crippen LogP) is 1.86. The van der Waals surface area contributed by atoms with Crippen molar-refractivity contribution in [3.63, 3.8) is 0 Å². The average molecular weight is 199 g/mol. The molecule has 0 heterocycles. The van der Waals surface area contributed by atoms with E-state index in [2.05, 4.69) is 4.99 Å². The van der Waals surface area contributed by atoms with Crippen molar-refractivity contribution in [3.05, 3.63) is 29.8 Å². The number of hydrogen-bond donors (Lipinski definition) is 1. The first kappa shape index (κ1) is 10.3. The third kappa shape index (κ3) is 2.95. The summed E-state index contributed by atoms with van der Waals surface area (Å²) in [7, 11) is 0. The van der Waals surface area contributed by atoms with Gasteiger partial charge < -0.3 is 5.11 Å². The van der Waals surface area contributed by atoms with Crippen molar-refractivity contribution in [1.29, 1.82) is 0 Å². The lowest BCUT2D eigenvalue weighted by Gasteiger charge is -2.08. The number of aromatic hydroxyl groups is 1. The number of nitrogens with zero attached hydrogens (tertiary/aromatic N) is 1. The molecule has 0 saturated carbocycles. The minimum absolute atomic E-state index is 0.103. The van der Waals surface area contributed by atoms with E-state index in [0.29, 0.717) is 0 Å². The Labute approximate surface area is 78.7 Å². The number of hydrogen-bond acceptors (Lipinski definition) is 3. The first-order valence-electron chi connectivity index (χ1n) is 3.78. The van der Waals surface area contributed by atoms with Gasteiger partial charge in [-0.1, -0.05) is 12.1 Å². The van der Waals surface area contributed by atoms with E-state index in [1.165, 1.54) is 24.3 Å². The summed E-state index contributed by atoms with van der Waals surface area (Å²) in [6.07, 6.45) is 0.0798. The Morgan fingerprint density at radius 3 is 2.79 bits per heavy atom. The van der Waals surface area contributed by atoms with E-state index in [1.54, 1.807) is 0 Å². The zero-order valence-electron chi connectivity index (χ0n) is 7.08. The van der Waals surface area contributed by atoms with E-state index in [0.717, 1.165) is 6.08 Å². The minimum atomic E-state index is -3.46. The maximum Gasteiger partial charge on any atom is 0.355 e. The monoisotopic (exact) mass is 199 g/mol. The van der Waals surface area contributed by atoms with Crippen LogP contribution in [0.3, 0.4) is 0 Å². The first-order chi connectivity index (χ1) is 6.53. The molecule has 3 nitrogen and oxygen atoms in total. The Morgan fingerprint density at radius 2 is 2.21 bits per heavy atom. The number of alkyl halides is 2. The third-order valence-electron chi connectivity index (χ3n) is 1.54. The molecule has 1 aromatic rings. The molecule has 0 aliphatic heterocycles. The lowest BCUT2D eigenvalue weighted by Crippen LogP contribution is -2.15. The Balaban J connectivity index is 2.83. The summed E-state index contributed by atoms with van der Waals surface area (Å²) < 4.78 is 25.5. The zero-order chi connectivity index (χ0) is 10.6. The molecule has 5 heteroatoms. The molecule has 1 aromatic carbocycles. The van der Waals surface area contributed by atoms with Gasteiger partial charge in [0.2, 0.25) is 6.08 Å². The number of phenols is 1. The van der Waals surface area contributed by atoms with Gasteiger partial charge in [0.15, 0.2) is 0 Å². The van der Waals surface area contributed by atoms with Gasteiger partial charge in [0, 0.05) is 0 Å². The molecule has 0 atom stereocenters. The average Bonchev–Trinajstić information content (AvgIpc) is 2.02. The van der Waals surface area contributed by atoms with Crippen LogP contribution in [0, 0.1) is 0 Å². The molecule has 0 spiro atoms. The van der Waals surface area contributed by atoms with Gasteiger partial charge >= 0.3 is 6.05 Å². The van der Waals surface area contributed by atoms with E-state index < -0.39 is 12.5 Å². The Bertz CT molecular complexity index is 373. The van der Waals surface area contributed by atoms with Crippen LogP contribution in [0.5, 0.6) is 5.75 Å². The fraction of sp³-hybridized carbons (Fsp3) is 0.222. The molecule has 0 amide bonds. The van der Waals surface area contributed by atoms with Crippen LogP contribution in [-0.2, 0) is 11.2 Å². The number of carbonyl (C=O) groups excluding carboxylic acids is 1. The first-order valence-corrected chi connectivity index (χ1v) is 3.78. The summed E-state index contributed by atoms with van der Waals surface area (Å²) in [4.78, 5) is 12.0. The zero-order valence-corrected chi connectivity index (χ0v) is 7.08. The van der Waals surface area contributed by atoms with Crippen LogP contribution < -0.4 is 0 Å². The van der Waals surface area contributed by atoms with E-state index in [9.17, 15) is 13.6 Å². The van der Waals surface area contributed by atoms with Crippen molar-refractivity contribution in [3.8, 4) is 5.75 Å². The molecule has 0 aliphatic carbocycles. The summed E-state index contributed by atoms with van der Waals surface area (Å²) in [5, 5.41) is 8.99. The molecule has 14 heavy (non-hydrogen) atoms. The SMILES string of the molecule is O=C=NC(F)(F)Cc1cccc(O)c1. The lowest BCUT2D eigenvalue weighted by molar-refractivity contribution is 0.0117. The van der Waals surface area contributed by atoms with Crippen LogP contribution in [0.15, 0.2) is 29.3 Å². The highest BCUT2D eigenvalue weighted by Gasteiger charge is 2.28. The summed E-state index contributed by atoms with van der Waals surface area (Å²) >= 11 is 0. The fourth-order valence-corrected chi connectivity index (χ4v) is 1.02. The van der Waals surface area contributed by atoms with Gasteiger partial charge in [0.05, 0.1) is 6.42 Å². The number of benzene rings is 1. The van der Waals surface area contributed by atoms with Gasteiger partial charge in [-0.2, -0.15) is 8.78 Å². The van der Waals surface area contributed by atoms with Crippen LogP contribution in [0.1, 0.15) is 5.56 Å². The number of isocyanates is 1. The maximum atomic E-state index is 12.7. The second-order valence-corrected chi connectivity index (χ2v) is 2.72. The highest BCUT2D eigenvalue weighted by atomic mass is 19.3. The van der Waals surface area contributed by atoms with E-state index in [1.807, 2.05) is 0 Å². The third-order valence-corrected chi connectivity index (χ3v) is 1.54. The second-order valence-electron chi connectivity index (χ2n) is 2.72. The van der Waals surface area contributed by atoms with E-state index in [4.69, 9.17) is 5.11 Å². The Morgan fingerprint density at radius 1 is 1.50 bits per heavy atom. The van der Waals surface area contributed by atoms with Crippen molar-refractivity contribution in [2.75, 3.05) is 0 Å². The largest absolute Gasteiger partial charge is 0.508 e. The van der Waals surface area contributed by atoms with Gasteiger partial charge in [-0.25, -0.2) is 4.79 Å². The molecular weight excluding hydrogens is 192 g/mol. The number of rotatable bonds is 3. The summed E-state index contributed by atoms with van der Waals surface area (Å²) in [5.74, 6) is -0.103. The van der Waals surface area contributed by atoms with Crippen molar-refractivity contribution >= 4 is 6.08 Å². The number of aliphatic imine (C=N–C) groups is 1. The van der Waals surface area contributed by atoms with Gasteiger partial charge in [-0.15, -0.1) is 4.99 Å². The van der Waals surface area contributed by atoms with Crippen molar-refractivity contribution in [1.82, 2.24) is 0 Å². The van der Waals surface area contributed by atoms with Crippen LogP contribution in [0.25, 0.3) is 0 Å². The summed E-state index contributed by atoms with van der Waals surface area (Å²) in [6.45, 7) is 0. The maximum absolute atomic E-state index is 12.7. The molecule has 1 rings (SSSR count). The molecule has 0 unspecified atom stereocenters. The molecular formula is C9H7F2NO2. The normalized spacial score (nSPS) is 10.7. The highest BCUT2D eigenvalue weighted by Crippen LogP contribution is 2.22. The molecule has 0 saturated heterocycles. The van der Waals surface area contributed by atoms with E-state index in [-0.39, 0.29) is 11.3 Å². The van der Waals surface area contributed by atoms with Gasteiger partial charge in [-0.05, 0) is 17.7 Å². The summed E-state index contributed by atoms with van der Waals surface area (Å²) in [6, 6.07) is 1.94. The van der Waals surface area contributed by atoms with Gasteiger partial charge in [0.1, 0.15) is 5.75 Å². The van der Waals surface area contributed by atoms with Crippen molar-refractivity contribution in [2.45, 2.75) is 12.5 Å². The van der Waals surface area contributed by atoms with E-state index >= 15 is 0 Å². The van der Waals surface area contributed by atoms with Crippen molar-refractivity contribution < 1.29 is 18.7 Å². The van der Waals surface area contributed by atoms with Crippen molar-refractivity contribution in [2.24, 2.45) is 4.99 Å². The lowest BCUT2D eigenvalue weighted by atomic mass is 10.1. The number of phenolic OH excluding ortho intramolecular Hbond substituents is 1. The quantitative estimate of drug-likeness (QED) is 0.459. The molecule has 1 N–H and O–H groups in total. The summed E-state index contributed by atoms with van der Waals surface area (Å²) in [5.41, 5.74) is 0.203. The fourth-order valence-electron chi connectivity index (χ4n) is 1.02. The number of halogens is 2. The highest BCUT2D eigenvalue weighted by molar-refractivity contribution is 5.34. The van der Waals surface area contributed by atoms with Gasteiger partial charge in [-0.3, -0.25) is 0 Å². The molecule has 74 valence electrons. The second kappa shape index (κ2) is 3.98. The molecule has 0 radical (unpaired) electrons. The molecule has 0 bridgehead atoms. The van der Waals surface area contributed by atoms with Crippen LogP contribution >= 0.6 is 0 Å². The smallest absolute Gasteiger partial charge is 0.355 e. The van der Waals surface area contributed by atoms with Crippen LogP contribution in [-0.4, -0.2) is 17.2 Å². The minimum Gasteiger partial charge on any atom is -0.508 e. The molecule has 0 aromatic heterocycles. The van der Waals surface area contributed by atoms with Gasteiger partial charge in [0.25, 0.3) is 0 Å². The molecule has 0 aliphatic rings.